The zero-order chi connectivity index (χ0) is 22.7. The third-order valence-corrected chi connectivity index (χ3v) is 6.69. The molecule has 0 unspecified atom stereocenters. The summed E-state index contributed by atoms with van der Waals surface area (Å²) in [6.45, 7) is 0.570. The minimum atomic E-state index is -0.941. The number of nitrogens with one attached hydrogen (secondary N) is 1. The number of fused-ring (bicyclic) bond motifs is 3. The first kappa shape index (κ1) is 21.9. The van der Waals surface area contributed by atoms with Gasteiger partial charge in [0, 0.05) is 26.1 Å². The molecule has 2 aliphatic rings. The van der Waals surface area contributed by atoms with Crippen LogP contribution in [-0.2, 0) is 14.3 Å². The molecule has 2 N–H and O–H groups in total. The number of aliphatic carboxylic acids is 1. The van der Waals surface area contributed by atoms with Crippen molar-refractivity contribution < 1.29 is 24.2 Å². The zero-order valence-electron chi connectivity index (χ0n) is 18.2. The molecule has 0 spiro atoms. The summed E-state index contributed by atoms with van der Waals surface area (Å²) in [5.41, 5.74) is 3.96. The molecule has 2 aromatic rings. The predicted molar refractivity (Wildman–Crippen MR) is 119 cm³/mol. The van der Waals surface area contributed by atoms with E-state index in [0.717, 1.165) is 17.5 Å². The fraction of sp³-hybridized carbons (Fsp3) is 0.400. The number of hydrogen-bond acceptors (Lipinski definition) is 4. The number of nitrogens with zero attached hydrogens (tertiary/aromatic N) is 1. The van der Waals surface area contributed by atoms with Crippen molar-refractivity contribution in [1.82, 2.24) is 10.2 Å². The van der Waals surface area contributed by atoms with E-state index in [4.69, 9.17) is 9.84 Å². The molecular weight excluding hydrogens is 408 g/mol. The summed E-state index contributed by atoms with van der Waals surface area (Å²) >= 11 is 0. The van der Waals surface area contributed by atoms with Crippen molar-refractivity contribution in [3.63, 3.8) is 0 Å². The van der Waals surface area contributed by atoms with Gasteiger partial charge < -0.3 is 20.1 Å². The second kappa shape index (κ2) is 9.02. The Morgan fingerprint density at radius 1 is 1.06 bits per heavy atom. The molecule has 2 aliphatic carbocycles. The van der Waals surface area contributed by atoms with Gasteiger partial charge in [0.25, 0.3) is 0 Å². The highest BCUT2D eigenvalue weighted by molar-refractivity contribution is 5.85. The number of carboxylic acid groups (broad SMARTS) is 1. The van der Waals surface area contributed by atoms with Gasteiger partial charge in [-0.15, -0.1) is 0 Å². The van der Waals surface area contributed by atoms with Crippen LogP contribution in [0, 0.1) is 5.41 Å². The summed E-state index contributed by atoms with van der Waals surface area (Å²) < 4.78 is 5.57. The fourth-order valence-electron chi connectivity index (χ4n) is 4.73. The largest absolute Gasteiger partial charge is 0.481 e. The van der Waals surface area contributed by atoms with Crippen LogP contribution in [0.2, 0.25) is 0 Å². The lowest BCUT2D eigenvalue weighted by atomic mass is 9.67. The Labute approximate surface area is 187 Å². The van der Waals surface area contributed by atoms with Crippen LogP contribution in [0.5, 0.6) is 0 Å². The first-order valence-corrected chi connectivity index (χ1v) is 11.0. The van der Waals surface area contributed by atoms with Crippen molar-refractivity contribution in [2.24, 2.45) is 5.41 Å². The van der Waals surface area contributed by atoms with Gasteiger partial charge in [0.2, 0.25) is 5.91 Å². The Kier molecular flexibility index (Phi) is 6.17. The monoisotopic (exact) mass is 436 g/mol. The lowest BCUT2D eigenvalue weighted by Crippen LogP contribution is -2.53. The number of carboxylic acids is 1. The minimum absolute atomic E-state index is 0.0189. The average molecular weight is 437 g/mol. The smallest absolute Gasteiger partial charge is 0.407 e. The Balaban J connectivity index is 1.34. The molecule has 4 rings (SSSR count). The second-order valence-corrected chi connectivity index (χ2v) is 8.68. The summed E-state index contributed by atoms with van der Waals surface area (Å²) in [6.07, 6.45) is 1.61. The fourth-order valence-corrected chi connectivity index (χ4v) is 4.73. The van der Waals surface area contributed by atoms with Gasteiger partial charge >= 0.3 is 12.1 Å². The third kappa shape index (κ3) is 4.20. The number of benzene rings is 2. The van der Waals surface area contributed by atoms with Gasteiger partial charge in [-0.2, -0.15) is 0 Å². The summed E-state index contributed by atoms with van der Waals surface area (Å²) in [7, 11) is 1.61. The van der Waals surface area contributed by atoms with E-state index in [0.29, 0.717) is 12.8 Å². The van der Waals surface area contributed by atoms with Gasteiger partial charge in [-0.1, -0.05) is 55.0 Å². The predicted octanol–water partition coefficient (Wildman–Crippen LogP) is 3.63. The number of carbonyl (C=O) groups excluding carboxylic acids is 2. The minimum Gasteiger partial charge on any atom is -0.481 e. The van der Waals surface area contributed by atoms with Gasteiger partial charge in [0.15, 0.2) is 0 Å². The van der Waals surface area contributed by atoms with Crippen LogP contribution >= 0.6 is 0 Å². The maximum atomic E-state index is 12.9. The highest BCUT2D eigenvalue weighted by atomic mass is 16.5. The number of rotatable bonds is 8. The van der Waals surface area contributed by atoms with E-state index in [9.17, 15) is 14.4 Å². The van der Waals surface area contributed by atoms with E-state index >= 15 is 0 Å². The normalized spacial score (nSPS) is 15.8. The van der Waals surface area contributed by atoms with Crippen LogP contribution in [-0.4, -0.2) is 54.7 Å². The van der Waals surface area contributed by atoms with Crippen molar-refractivity contribution >= 4 is 18.0 Å². The van der Waals surface area contributed by atoms with Crippen molar-refractivity contribution in [3.05, 3.63) is 59.7 Å². The summed E-state index contributed by atoms with van der Waals surface area (Å²) in [6, 6.07) is 16.3. The number of carbonyl (C=O) groups is 3. The van der Waals surface area contributed by atoms with Gasteiger partial charge in [-0.25, -0.2) is 4.79 Å². The topological polar surface area (TPSA) is 95.9 Å². The van der Waals surface area contributed by atoms with E-state index in [1.807, 2.05) is 24.3 Å². The molecule has 32 heavy (non-hydrogen) atoms. The molecule has 0 radical (unpaired) electrons. The molecule has 2 amide bonds. The van der Waals surface area contributed by atoms with Crippen LogP contribution in [0.3, 0.4) is 0 Å². The first-order chi connectivity index (χ1) is 15.4. The number of alkyl carbamates (subject to hydrolysis) is 1. The van der Waals surface area contributed by atoms with Crippen molar-refractivity contribution in [3.8, 4) is 11.1 Å². The Hall–Kier alpha value is -3.35. The SMILES string of the molecule is CN(CCC(=O)O)C(=O)C1(CNC(=O)OCC2c3ccccc3-c3ccccc32)CCC1. The molecule has 0 aliphatic heterocycles. The van der Waals surface area contributed by atoms with E-state index in [2.05, 4.69) is 29.6 Å². The molecule has 7 heteroatoms. The summed E-state index contributed by atoms with van der Waals surface area (Å²) in [5, 5.41) is 11.6. The molecule has 2 aromatic carbocycles. The lowest BCUT2D eigenvalue weighted by molar-refractivity contribution is -0.146. The maximum absolute atomic E-state index is 12.9. The lowest BCUT2D eigenvalue weighted by Gasteiger charge is -2.42. The molecule has 168 valence electrons. The summed E-state index contributed by atoms with van der Waals surface area (Å²) in [5.74, 6) is -1.08. The van der Waals surface area contributed by atoms with Crippen LogP contribution < -0.4 is 5.32 Å². The quantitative estimate of drug-likeness (QED) is 0.659. The molecule has 1 fully saturated rings. The number of amides is 2. The molecule has 1 saturated carbocycles. The molecular formula is C25H28N2O5. The molecule has 7 nitrogen and oxygen atoms in total. The van der Waals surface area contributed by atoms with Crippen molar-refractivity contribution in [2.45, 2.75) is 31.6 Å². The van der Waals surface area contributed by atoms with Crippen LogP contribution in [0.25, 0.3) is 11.1 Å². The maximum Gasteiger partial charge on any atom is 0.407 e. The van der Waals surface area contributed by atoms with Gasteiger partial charge in [0.1, 0.15) is 6.61 Å². The first-order valence-electron chi connectivity index (χ1n) is 11.0. The number of ether oxygens (including phenoxy) is 1. The van der Waals surface area contributed by atoms with Crippen molar-refractivity contribution in [2.75, 3.05) is 26.7 Å². The van der Waals surface area contributed by atoms with Gasteiger partial charge in [0.05, 0.1) is 11.8 Å². The Morgan fingerprint density at radius 3 is 2.19 bits per heavy atom. The Morgan fingerprint density at radius 2 is 1.66 bits per heavy atom. The van der Waals surface area contributed by atoms with E-state index in [1.54, 1.807) is 7.05 Å². The van der Waals surface area contributed by atoms with E-state index < -0.39 is 17.5 Å². The van der Waals surface area contributed by atoms with Gasteiger partial charge in [-0.3, -0.25) is 9.59 Å². The molecule has 0 atom stereocenters. The highest BCUT2D eigenvalue weighted by Gasteiger charge is 2.46. The van der Waals surface area contributed by atoms with E-state index in [-0.39, 0.29) is 37.9 Å². The average Bonchev–Trinajstić information content (AvgIpc) is 3.09. The standard InChI is InChI=1S/C25H28N2O5/c1-27(14-11-22(28)29)23(30)25(12-6-13-25)16-26-24(31)32-15-21-19-9-4-2-7-17(19)18-8-3-5-10-20(18)21/h2-5,7-10,21H,6,11-16H2,1H3,(H,26,31)(H,28,29). The Bertz CT molecular complexity index is 985. The molecule has 0 bridgehead atoms. The summed E-state index contributed by atoms with van der Waals surface area (Å²) in [4.78, 5) is 37.6. The highest BCUT2D eigenvalue weighted by Crippen LogP contribution is 2.45. The molecule has 0 aromatic heterocycles. The second-order valence-electron chi connectivity index (χ2n) is 8.68. The van der Waals surface area contributed by atoms with Crippen LogP contribution in [0.4, 0.5) is 4.79 Å². The molecule has 0 heterocycles. The third-order valence-electron chi connectivity index (χ3n) is 6.69. The van der Waals surface area contributed by atoms with E-state index in [1.165, 1.54) is 16.0 Å². The van der Waals surface area contributed by atoms with Crippen LogP contribution in [0.1, 0.15) is 42.7 Å². The number of hydrogen-bond donors (Lipinski definition) is 2. The van der Waals surface area contributed by atoms with Gasteiger partial charge in [-0.05, 0) is 35.1 Å². The van der Waals surface area contributed by atoms with Crippen LogP contribution in [0.15, 0.2) is 48.5 Å². The van der Waals surface area contributed by atoms with Crippen molar-refractivity contribution in [1.29, 1.82) is 0 Å². The molecule has 0 saturated heterocycles. The zero-order valence-corrected chi connectivity index (χ0v) is 18.2.